The molecule has 0 fully saturated rings. The van der Waals surface area contributed by atoms with Gasteiger partial charge in [-0.15, -0.1) is 0 Å². The quantitative estimate of drug-likeness (QED) is 0.598. The van der Waals surface area contributed by atoms with E-state index in [1.54, 1.807) is 19.9 Å². The molecule has 0 spiro atoms. The number of unbranched alkanes of at least 4 members (excludes halogenated alkanes) is 1. The Balaban J connectivity index is 2.99. The molecule has 22 heavy (non-hydrogen) atoms. The molecule has 1 rings (SSSR count). The van der Waals surface area contributed by atoms with E-state index < -0.39 is 4.92 Å². The van der Waals surface area contributed by atoms with Crippen molar-refractivity contribution in [2.45, 2.75) is 33.6 Å². The van der Waals surface area contributed by atoms with E-state index in [0.29, 0.717) is 17.8 Å². The Morgan fingerprint density at radius 2 is 2.05 bits per heavy atom. The SMILES string of the molecule is CCCCN(CCO)C(=O)Nc1c(C)ccc([N+](=O)[O-])c1C. The standard InChI is InChI=1S/C15H23N3O4/c1-4-5-8-17(9-10-19)15(20)16-14-11(2)6-7-13(12(14)3)18(21)22/h6-7,19H,4-5,8-10H2,1-3H3,(H,16,20). The van der Waals surface area contributed by atoms with Crippen LogP contribution in [0.5, 0.6) is 0 Å². The minimum absolute atomic E-state index is 0.0248. The van der Waals surface area contributed by atoms with Crippen LogP contribution in [0, 0.1) is 24.0 Å². The lowest BCUT2D eigenvalue weighted by molar-refractivity contribution is -0.385. The van der Waals surface area contributed by atoms with Gasteiger partial charge < -0.3 is 15.3 Å². The van der Waals surface area contributed by atoms with E-state index in [-0.39, 0.29) is 24.9 Å². The molecule has 0 aliphatic carbocycles. The average molecular weight is 309 g/mol. The maximum atomic E-state index is 12.3. The van der Waals surface area contributed by atoms with Gasteiger partial charge in [0.15, 0.2) is 0 Å². The minimum atomic E-state index is -0.465. The van der Waals surface area contributed by atoms with Gasteiger partial charge in [0.25, 0.3) is 5.69 Å². The van der Waals surface area contributed by atoms with Crippen molar-refractivity contribution in [3.8, 4) is 0 Å². The summed E-state index contributed by atoms with van der Waals surface area (Å²) in [6.45, 7) is 6.07. The third-order valence-corrected chi connectivity index (χ3v) is 3.51. The summed E-state index contributed by atoms with van der Waals surface area (Å²) in [6.07, 6.45) is 1.77. The van der Waals surface area contributed by atoms with Gasteiger partial charge in [-0.25, -0.2) is 4.79 Å². The number of aliphatic hydroxyl groups excluding tert-OH is 1. The summed E-state index contributed by atoms with van der Waals surface area (Å²) in [4.78, 5) is 24.4. The molecule has 1 aromatic carbocycles. The number of hydrogen-bond acceptors (Lipinski definition) is 4. The Morgan fingerprint density at radius 3 is 2.59 bits per heavy atom. The van der Waals surface area contributed by atoms with Crippen LogP contribution < -0.4 is 5.32 Å². The van der Waals surface area contributed by atoms with Crippen molar-refractivity contribution in [1.29, 1.82) is 0 Å². The molecular weight excluding hydrogens is 286 g/mol. The van der Waals surface area contributed by atoms with E-state index in [2.05, 4.69) is 5.32 Å². The summed E-state index contributed by atoms with van der Waals surface area (Å²) in [5.74, 6) is 0. The maximum Gasteiger partial charge on any atom is 0.321 e. The first-order valence-electron chi connectivity index (χ1n) is 7.33. The van der Waals surface area contributed by atoms with Gasteiger partial charge in [-0.3, -0.25) is 10.1 Å². The van der Waals surface area contributed by atoms with Crippen LogP contribution in [-0.4, -0.2) is 40.7 Å². The highest BCUT2D eigenvalue weighted by atomic mass is 16.6. The summed E-state index contributed by atoms with van der Waals surface area (Å²) in [5.41, 5.74) is 1.62. The Kier molecular flexibility index (Phi) is 6.78. The molecule has 122 valence electrons. The smallest absolute Gasteiger partial charge is 0.321 e. The molecule has 7 heteroatoms. The summed E-state index contributed by atoms with van der Waals surface area (Å²) >= 11 is 0. The van der Waals surface area contributed by atoms with Gasteiger partial charge in [-0.2, -0.15) is 0 Å². The fraction of sp³-hybridized carbons (Fsp3) is 0.533. The molecule has 2 amide bonds. The number of urea groups is 1. The van der Waals surface area contributed by atoms with Crippen LogP contribution in [0.1, 0.15) is 30.9 Å². The molecule has 1 aromatic rings. The molecule has 0 aliphatic rings. The van der Waals surface area contributed by atoms with Crippen LogP contribution in [-0.2, 0) is 0 Å². The lowest BCUT2D eigenvalue weighted by Gasteiger charge is -2.23. The Morgan fingerprint density at radius 1 is 1.36 bits per heavy atom. The van der Waals surface area contributed by atoms with E-state index >= 15 is 0 Å². The van der Waals surface area contributed by atoms with Crippen molar-refractivity contribution < 1.29 is 14.8 Å². The highest BCUT2D eigenvalue weighted by molar-refractivity contribution is 5.91. The van der Waals surface area contributed by atoms with Crippen LogP contribution in [0.15, 0.2) is 12.1 Å². The van der Waals surface area contributed by atoms with Crippen molar-refractivity contribution in [1.82, 2.24) is 4.90 Å². The molecule has 0 saturated carbocycles. The molecule has 0 saturated heterocycles. The van der Waals surface area contributed by atoms with E-state index in [0.717, 1.165) is 18.4 Å². The summed E-state index contributed by atoms with van der Waals surface area (Å²) in [7, 11) is 0. The Hall–Kier alpha value is -2.15. The molecule has 2 N–H and O–H groups in total. The van der Waals surface area contributed by atoms with Gasteiger partial charge >= 0.3 is 6.03 Å². The Labute approximate surface area is 130 Å². The normalized spacial score (nSPS) is 10.4. The first kappa shape index (κ1) is 17.9. The average Bonchev–Trinajstić information content (AvgIpc) is 2.47. The summed E-state index contributed by atoms with van der Waals surface area (Å²) in [6, 6.07) is 2.70. The van der Waals surface area contributed by atoms with Crippen LogP contribution in [0.2, 0.25) is 0 Å². The topological polar surface area (TPSA) is 95.7 Å². The fourth-order valence-electron chi connectivity index (χ4n) is 2.20. The lowest BCUT2D eigenvalue weighted by atomic mass is 10.1. The first-order chi connectivity index (χ1) is 10.4. The number of nitro benzene ring substituents is 1. The number of nitrogens with one attached hydrogen (secondary N) is 1. The molecule has 7 nitrogen and oxygen atoms in total. The third-order valence-electron chi connectivity index (χ3n) is 3.51. The number of anilines is 1. The number of nitro groups is 1. The van der Waals surface area contributed by atoms with Gasteiger partial charge in [0, 0.05) is 19.2 Å². The van der Waals surface area contributed by atoms with E-state index in [1.807, 2.05) is 6.92 Å². The molecule has 0 atom stereocenters. The number of carbonyl (C=O) groups excluding carboxylic acids is 1. The number of carbonyl (C=O) groups is 1. The highest BCUT2D eigenvalue weighted by Gasteiger charge is 2.19. The van der Waals surface area contributed by atoms with Gasteiger partial charge in [-0.05, 0) is 25.8 Å². The molecule has 0 aromatic heterocycles. The molecule has 0 unspecified atom stereocenters. The van der Waals surface area contributed by atoms with Crippen molar-refractivity contribution in [3.63, 3.8) is 0 Å². The fourth-order valence-corrected chi connectivity index (χ4v) is 2.20. The van der Waals surface area contributed by atoms with Crippen LogP contribution in [0.25, 0.3) is 0 Å². The van der Waals surface area contributed by atoms with Crippen molar-refractivity contribution in [2.75, 3.05) is 25.0 Å². The van der Waals surface area contributed by atoms with E-state index in [9.17, 15) is 14.9 Å². The van der Waals surface area contributed by atoms with Gasteiger partial charge in [0.1, 0.15) is 0 Å². The maximum absolute atomic E-state index is 12.3. The summed E-state index contributed by atoms with van der Waals surface area (Å²) in [5, 5.41) is 22.8. The number of hydrogen-bond donors (Lipinski definition) is 2. The van der Waals surface area contributed by atoms with Gasteiger partial charge in [0.2, 0.25) is 0 Å². The van der Waals surface area contributed by atoms with Crippen LogP contribution >= 0.6 is 0 Å². The second-order valence-corrected chi connectivity index (χ2v) is 5.15. The van der Waals surface area contributed by atoms with Crippen LogP contribution in [0.3, 0.4) is 0 Å². The van der Waals surface area contributed by atoms with E-state index in [4.69, 9.17) is 5.11 Å². The zero-order valence-corrected chi connectivity index (χ0v) is 13.3. The number of benzene rings is 1. The summed E-state index contributed by atoms with van der Waals surface area (Å²) < 4.78 is 0. The lowest BCUT2D eigenvalue weighted by Crippen LogP contribution is -2.38. The second kappa shape index (κ2) is 8.33. The number of aryl methyl sites for hydroxylation is 1. The predicted octanol–water partition coefficient (Wildman–Crippen LogP) is 2.84. The van der Waals surface area contributed by atoms with Crippen molar-refractivity contribution in [2.24, 2.45) is 0 Å². The Bertz CT molecular complexity index is 546. The first-order valence-corrected chi connectivity index (χ1v) is 7.33. The van der Waals surface area contributed by atoms with Crippen LogP contribution in [0.4, 0.5) is 16.2 Å². The monoisotopic (exact) mass is 309 g/mol. The zero-order chi connectivity index (χ0) is 16.7. The minimum Gasteiger partial charge on any atom is -0.395 e. The van der Waals surface area contributed by atoms with Gasteiger partial charge in [0.05, 0.1) is 22.8 Å². The molecule has 0 bridgehead atoms. The largest absolute Gasteiger partial charge is 0.395 e. The molecular formula is C15H23N3O4. The number of nitrogens with zero attached hydrogens (tertiary/aromatic N) is 2. The van der Waals surface area contributed by atoms with Gasteiger partial charge in [-0.1, -0.05) is 19.4 Å². The third kappa shape index (κ3) is 4.42. The van der Waals surface area contributed by atoms with Crippen molar-refractivity contribution >= 4 is 17.4 Å². The number of amides is 2. The second-order valence-electron chi connectivity index (χ2n) is 5.15. The predicted molar refractivity (Wildman–Crippen MR) is 85.2 cm³/mol. The number of rotatable bonds is 7. The zero-order valence-electron chi connectivity index (χ0n) is 13.3. The van der Waals surface area contributed by atoms with E-state index in [1.165, 1.54) is 11.0 Å². The highest BCUT2D eigenvalue weighted by Crippen LogP contribution is 2.29. The number of aliphatic hydroxyl groups is 1. The molecule has 0 radical (unpaired) electrons. The molecule has 0 aliphatic heterocycles. The molecule has 0 heterocycles. The van der Waals surface area contributed by atoms with Crippen molar-refractivity contribution in [3.05, 3.63) is 33.4 Å².